The first-order valence-electron chi connectivity index (χ1n) is 5.10. The van der Waals surface area contributed by atoms with Gasteiger partial charge < -0.3 is 10.3 Å². The molecule has 0 atom stereocenters. The van der Waals surface area contributed by atoms with Gasteiger partial charge >= 0.3 is 6.03 Å². The van der Waals surface area contributed by atoms with E-state index in [-0.39, 0.29) is 6.03 Å². The predicted octanol–water partition coefficient (Wildman–Crippen LogP) is 3.34. The average Bonchev–Trinajstić information content (AvgIpc) is 2.81. The third-order valence-electron chi connectivity index (χ3n) is 2.35. The van der Waals surface area contributed by atoms with E-state index in [1.54, 1.807) is 43.7 Å². The number of nitrogens with zero attached hydrogens (tertiary/aromatic N) is 1. The van der Waals surface area contributed by atoms with Crippen LogP contribution in [0.5, 0.6) is 0 Å². The van der Waals surface area contributed by atoms with Crippen LogP contribution in [0.25, 0.3) is 0 Å². The summed E-state index contributed by atoms with van der Waals surface area (Å²) in [5.74, 6) is 0. The number of aromatic nitrogens is 1. The number of benzene rings is 1. The highest BCUT2D eigenvalue weighted by Gasteiger charge is 2.10. The van der Waals surface area contributed by atoms with Crippen molar-refractivity contribution in [2.24, 2.45) is 0 Å². The van der Waals surface area contributed by atoms with Crippen LogP contribution >= 0.6 is 11.6 Å². The molecule has 1 aromatic carbocycles. The maximum atomic E-state index is 11.9. The molecule has 5 heteroatoms. The second-order valence-corrected chi connectivity index (χ2v) is 4.01. The molecule has 0 aliphatic rings. The predicted molar refractivity (Wildman–Crippen MR) is 69.7 cm³/mol. The highest BCUT2D eigenvalue weighted by atomic mass is 35.5. The Kier molecular flexibility index (Phi) is 3.35. The van der Waals surface area contributed by atoms with Gasteiger partial charge in [-0.2, -0.15) is 0 Å². The van der Waals surface area contributed by atoms with Gasteiger partial charge in [0, 0.05) is 30.2 Å². The molecule has 0 fully saturated rings. The Balaban J connectivity index is 2.07. The number of halogens is 1. The molecule has 2 N–H and O–H groups in total. The van der Waals surface area contributed by atoms with E-state index in [0.717, 1.165) is 5.69 Å². The van der Waals surface area contributed by atoms with Crippen molar-refractivity contribution in [2.45, 2.75) is 0 Å². The highest BCUT2D eigenvalue weighted by molar-refractivity contribution is 6.30. The molecule has 2 rings (SSSR count). The number of carbonyl (C=O) groups excluding carboxylic acids is 1. The lowest BCUT2D eigenvalue weighted by Gasteiger charge is -2.16. The second-order valence-electron chi connectivity index (χ2n) is 3.57. The number of hydrogen-bond donors (Lipinski definition) is 2. The molecular formula is C12H12ClN3O. The molecule has 0 unspecified atom stereocenters. The normalized spacial score (nSPS) is 10.0. The Morgan fingerprint density at radius 2 is 2.24 bits per heavy atom. The molecule has 4 nitrogen and oxygen atoms in total. The SMILES string of the molecule is CN(C(=O)Nc1cccc(Cl)c1)c1cc[nH]c1. The standard InChI is InChI=1S/C12H12ClN3O/c1-16(11-5-6-14-8-11)12(17)15-10-4-2-3-9(13)7-10/h2-8,14H,1H3,(H,15,17). The van der Waals surface area contributed by atoms with E-state index in [1.165, 1.54) is 4.90 Å². The summed E-state index contributed by atoms with van der Waals surface area (Å²) in [6.07, 6.45) is 3.51. The Bertz CT molecular complexity index is 510. The second kappa shape index (κ2) is 4.93. The van der Waals surface area contributed by atoms with Gasteiger partial charge in [0.2, 0.25) is 0 Å². The maximum Gasteiger partial charge on any atom is 0.326 e. The van der Waals surface area contributed by atoms with Gasteiger partial charge in [0.1, 0.15) is 0 Å². The number of H-pyrrole nitrogens is 1. The van der Waals surface area contributed by atoms with Crippen molar-refractivity contribution in [3.05, 3.63) is 47.7 Å². The number of nitrogens with one attached hydrogen (secondary N) is 2. The Labute approximate surface area is 104 Å². The minimum atomic E-state index is -0.216. The fourth-order valence-corrected chi connectivity index (χ4v) is 1.60. The lowest BCUT2D eigenvalue weighted by molar-refractivity contribution is 0.258. The number of urea groups is 1. The van der Waals surface area contributed by atoms with Crippen molar-refractivity contribution >= 4 is 29.0 Å². The van der Waals surface area contributed by atoms with Gasteiger partial charge in [0.15, 0.2) is 0 Å². The summed E-state index contributed by atoms with van der Waals surface area (Å²) in [7, 11) is 1.70. The molecule has 0 bridgehead atoms. The fraction of sp³-hybridized carbons (Fsp3) is 0.0833. The molecule has 0 saturated carbocycles. The molecule has 0 aliphatic heterocycles. The van der Waals surface area contributed by atoms with E-state index in [1.807, 2.05) is 6.07 Å². The number of rotatable bonds is 2. The molecular weight excluding hydrogens is 238 g/mol. The molecule has 88 valence electrons. The van der Waals surface area contributed by atoms with Gasteiger partial charge in [-0.1, -0.05) is 17.7 Å². The summed E-state index contributed by atoms with van der Waals surface area (Å²) >= 11 is 5.84. The zero-order valence-electron chi connectivity index (χ0n) is 9.27. The molecule has 1 aromatic heterocycles. The van der Waals surface area contributed by atoms with Crippen LogP contribution in [0.4, 0.5) is 16.2 Å². The molecule has 0 spiro atoms. The van der Waals surface area contributed by atoms with Crippen LogP contribution in [0.2, 0.25) is 5.02 Å². The number of carbonyl (C=O) groups is 1. The summed E-state index contributed by atoms with van der Waals surface area (Å²) in [4.78, 5) is 16.3. The molecule has 17 heavy (non-hydrogen) atoms. The molecule has 0 saturated heterocycles. The van der Waals surface area contributed by atoms with Crippen molar-refractivity contribution in [1.29, 1.82) is 0 Å². The zero-order chi connectivity index (χ0) is 12.3. The Morgan fingerprint density at radius 1 is 1.41 bits per heavy atom. The van der Waals surface area contributed by atoms with Crippen molar-refractivity contribution in [1.82, 2.24) is 4.98 Å². The molecule has 0 aliphatic carbocycles. The highest BCUT2D eigenvalue weighted by Crippen LogP contribution is 2.17. The Morgan fingerprint density at radius 3 is 2.88 bits per heavy atom. The first kappa shape index (κ1) is 11.5. The van der Waals surface area contributed by atoms with Crippen LogP contribution in [-0.2, 0) is 0 Å². The van der Waals surface area contributed by atoms with Crippen LogP contribution in [0.1, 0.15) is 0 Å². The van der Waals surface area contributed by atoms with E-state index in [4.69, 9.17) is 11.6 Å². The first-order valence-corrected chi connectivity index (χ1v) is 5.47. The lowest BCUT2D eigenvalue weighted by atomic mass is 10.3. The largest absolute Gasteiger partial charge is 0.366 e. The lowest BCUT2D eigenvalue weighted by Crippen LogP contribution is -2.30. The summed E-state index contributed by atoms with van der Waals surface area (Å²) in [6, 6.07) is 8.63. The van der Waals surface area contributed by atoms with Crippen molar-refractivity contribution in [3.8, 4) is 0 Å². The molecule has 2 aromatic rings. The average molecular weight is 250 g/mol. The summed E-state index contributed by atoms with van der Waals surface area (Å²) in [5.41, 5.74) is 1.47. The summed E-state index contributed by atoms with van der Waals surface area (Å²) < 4.78 is 0. The van der Waals surface area contributed by atoms with E-state index in [2.05, 4.69) is 10.3 Å². The van der Waals surface area contributed by atoms with Crippen LogP contribution in [-0.4, -0.2) is 18.1 Å². The van der Waals surface area contributed by atoms with Gasteiger partial charge in [-0.25, -0.2) is 4.79 Å². The van der Waals surface area contributed by atoms with Crippen molar-refractivity contribution in [2.75, 3.05) is 17.3 Å². The minimum absolute atomic E-state index is 0.216. The summed E-state index contributed by atoms with van der Waals surface area (Å²) in [6.45, 7) is 0. The molecule has 0 radical (unpaired) electrons. The number of aromatic amines is 1. The van der Waals surface area contributed by atoms with Gasteiger partial charge in [-0.15, -0.1) is 0 Å². The van der Waals surface area contributed by atoms with E-state index in [0.29, 0.717) is 10.7 Å². The van der Waals surface area contributed by atoms with Crippen molar-refractivity contribution < 1.29 is 4.79 Å². The van der Waals surface area contributed by atoms with Gasteiger partial charge in [-0.3, -0.25) is 4.90 Å². The van der Waals surface area contributed by atoms with Gasteiger partial charge in [-0.05, 0) is 24.3 Å². The smallest absolute Gasteiger partial charge is 0.326 e. The first-order chi connectivity index (χ1) is 8.16. The quantitative estimate of drug-likeness (QED) is 0.843. The Hall–Kier alpha value is -1.94. The van der Waals surface area contributed by atoms with Crippen LogP contribution in [0.3, 0.4) is 0 Å². The zero-order valence-corrected chi connectivity index (χ0v) is 10.0. The number of anilines is 2. The van der Waals surface area contributed by atoms with Gasteiger partial charge in [0.25, 0.3) is 0 Å². The third-order valence-corrected chi connectivity index (χ3v) is 2.58. The van der Waals surface area contributed by atoms with E-state index in [9.17, 15) is 4.79 Å². The molecule has 2 amide bonds. The minimum Gasteiger partial charge on any atom is -0.366 e. The summed E-state index contributed by atoms with van der Waals surface area (Å²) in [5, 5.41) is 3.35. The van der Waals surface area contributed by atoms with E-state index >= 15 is 0 Å². The van der Waals surface area contributed by atoms with Crippen LogP contribution < -0.4 is 10.2 Å². The van der Waals surface area contributed by atoms with E-state index < -0.39 is 0 Å². The monoisotopic (exact) mass is 249 g/mol. The van der Waals surface area contributed by atoms with Gasteiger partial charge in [0.05, 0.1) is 5.69 Å². The number of amides is 2. The fourth-order valence-electron chi connectivity index (χ4n) is 1.41. The maximum absolute atomic E-state index is 11.9. The van der Waals surface area contributed by atoms with Crippen LogP contribution in [0.15, 0.2) is 42.7 Å². The molecule has 1 heterocycles. The third kappa shape index (κ3) is 2.79. The number of hydrogen-bond acceptors (Lipinski definition) is 1. The van der Waals surface area contributed by atoms with Crippen LogP contribution in [0, 0.1) is 0 Å². The van der Waals surface area contributed by atoms with Crippen molar-refractivity contribution in [3.63, 3.8) is 0 Å². The topological polar surface area (TPSA) is 48.1 Å².